The number of carbonyl (C=O) groups excluding carboxylic acids is 1. The van der Waals surface area contributed by atoms with E-state index < -0.39 is 15.9 Å². The minimum Gasteiger partial charge on any atom is -0.495 e. The van der Waals surface area contributed by atoms with E-state index in [1.807, 2.05) is 24.3 Å². The summed E-state index contributed by atoms with van der Waals surface area (Å²) < 4.78 is 44.7. The van der Waals surface area contributed by atoms with Crippen LogP contribution in [0, 0.1) is 0 Å². The average Bonchev–Trinajstić information content (AvgIpc) is 2.83. The molecule has 0 aromatic heterocycles. The topological polar surface area (TPSA) is 103 Å². The van der Waals surface area contributed by atoms with Gasteiger partial charge in [-0.15, -0.1) is 0 Å². The number of amides is 1. The smallest absolute Gasteiger partial charge is 0.262 e. The molecule has 0 fully saturated rings. The molecular weight excluding hydrogens is 444 g/mol. The van der Waals surface area contributed by atoms with Gasteiger partial charge in [0.1, 0.15) is 23.9 Å². The zero-order valence-electron chi connectivity index (χ0n) is 18.0. The quantitative estimate of drug-likeness (QED) is 0.547. The molecule has 0 saturated carbocycles. The van der Waals surface area contributed by atoms with E-state index in [2.05, 4.69) is 10.0 Å². The molecule has 0 saturated heterocycles. The van der Waals surface area contributed by atoms with Crippen molar-refractivity contribution in [2.45, 2.75) is 4.90 Å². The van der Waals surface area contributed by atoms with Crippen LogP contribution in [0.1, 0.15) is 5.56 Å². The largest absolute Gasteiger partial charge is 0.495 e. The normalized spacial score (nSPS) is 12.6. The van der Waals surface area contributed by atoms with E-state index in [0.29, 0.717) is 28.5 Å². The summed E-state index contributed by atoms with van der Waals surface area (Å²) in [5.74, 6) is 0.974. The number of carbonyl (C=O) groups is 1. The lowest BCUT2D eigenvalue weighted by molar-refractivity contribution is -0.113. The number of rotatable bonds is 7. The number of anilines is 2. The molecule has 170 valence electrons. The summed E-state index contributed by atoms with van der Waals surface area (Å²) in [6, 6.07) is 18.3. The van der Waals surface area contributed by atoms with E-state index in [1.165, 1.54) is 32.4 Å². The second kappa shape index (κ2) is 9.25. The number of para-hydroxylation sites is 3. The highest BCUT2D eigenvalue weighted by atomic mass is 32.2. The van der Waals surface area contributed by atoms with E-state index in [-0.39, 0.29) is 17.2 Å². The van der Waals surface area contributed by atoms with Crippen LogP contribution in [-0.2, 0) is 14.8 Å². The Hall–Kier alpha value is -3.98. The molecule has 1 heterocycles. The maximum atomic E-state index is 13.0. The minimum absolute atomic E-state index is 0.0521. The monoisotopic (exact) mass is 466 g/mol. The van der Waals surface area contributed by atoms with Crippen molar-refractivity contribution in [2.24, 2.45) is 0 Å². The molecule has 0 unspecified atom stereocenters. The van der Waals surface area contributed by atoms with Gasteiger partial charge in [-0.1, -0.05) is 30.3 Å². The van der Waals surface area contributed by atoms with Gasteiger partial charge in [-0.3, -0.25) is 9.52 Å². The summed E-state index contributed by atoms with van der Waals surface area (Å²) in [5.41, 5.74) is 1.70. The summed E-state index contributed by atoms with van der Waals surface area (Å²) in [7, 11) is -1.08. The van der Waals surface area contributed by atoms with Gasteiger partial charge in [0, 0.05) is 5.56 Å². The minimum atomic E-state index is -3.97. The van der Waals surface area contributed by atoms with Gasteiger partial charge in [0.25, 0.3) is 15.9 Å². The Morgan fingerprint density at radius 2 is 1.61 bits per heavy atom. The van der Waals surface area contributed by atoms with E-state index >= 15 is 0 Å². The lowest BCUT2D eigenvalue weighted by Crippen LogP contribution is -2.22. The average molecular weight is 467 g/mol. The van der Waals surface area contributed by atoms with Crippen molar-refractivity contribution < 1.29 is 27.4 Å². The Morgan fingerprint density at radius 1 is 0.909 bits per heavy atom. The molecule has 0 aliphatic carbocycles. The summed E-state index contributed by atoms with van der Waals surface area (Å²) in [6.45, 7) is 0.0957. The van der Waals surface area contributed by atoms with Crippen LogP contribution in [0.2, 0.25) is 0 Å². The first-order chi connectivity index (χ1) is 15.9. The van der Waals surface area contributed by atoms with Crippen molar-refractivity contribution in [3.05, 3.63) is 77.9 Å². The van der Waals surface area contributed by atoms with Crippen LogP contribution in [0.4, 0.5) is 11.4 Å². The van der Waals surface area contributed by atoms with Crippen LogP contribution in [0.25, 0.3) is 6.08 Å². The van der Waals surface area contributed by atoms with Crippen LogP contribution in [0.15, 0.2) is 77.2 Å². The molecule has 2 N–H and O–H groups in total. The van der Waals surface area contributed by atoms with Gasteiger partial charge in [-0.25, -0.2) is 8.42 Å². The highest BCUT2D eigenvalue weighted by Crippen LogP contribution is 2.32. The summed E-state index contributed by atoms with van der Waals surface area (Å²) in [6.07, 6.45) is 1.74. The number of hydrogen-bond acceptors (Lipinski definition) is 6. The molecule has 3 aromatic carbocycles. The molecule has 9 heteroatoms. The van der Waals surface area contributed by atoms with Gasteiger partial charge in [0.2, 0.25) is 0 Å². The molecule has 8 nitrogen and oxygen atoms in total. The third kappa shape index (κ3) is 4.78. The van der Waals surface area contributed by atoms with Gasteiger partial charge in [0.05, 0.1) is 36.1 Å². The van der Waals surface area contributed by atoms with Crippen molar-refractivity contribution in [1.82, 2.24) is 0 Å². The molecule has 1 aliphatic rings. The third-order valence-electron chi connectivity index (χ3n) is 5.00. The second-order valence-corrected chi connectivity index (χ2v) is 8.80. The first kappa shape index (κ1) is 22.2. The van der Waals surface area contributed by atoms with Gasteiger partial charge in [-0.05, 0) is 42.5 Å². The number of fused-ring (bicyclic) bond motifs is 1. The maximum Gasteiger partial charge on any atom is 0.262 e. The SMILES string of the molecule is COc1ccc(S(=O)(=O)Nc2ccccc2OC)cc1NC(=O)C1=Cc2ccccc2OC1. The predicted molar refractivity (Wildman–Crippen MR) is 125 cm³/mol. The first-order valence-electron chi connectivity index (χ1n) is 9.99. The third-order valence-corrected chi connectivity index (χ3v) is 6.37. The predicted octanol–water partition coefficient (Wildman–Crippen LogP) is 3.92. The standard InChI is InChI=1S/C24H22N2O6S/c1-30-22-10-6-4-8-19(22)26-33(28,29)18-11-12-23(31-2)20(14-18)25-24(27)17-13-16-7-3-5-9-21(16)32-15-17/h3-14,26H,15H2,1-2H3,(H,25,27). The molecule has 1 aliphatic heterocycles. The lowest BCUT2D eigenvalue weighted by atomic mass is 10.1. The molecule has 3 aromatic rings. The Kier molecular flexibility index (Phi) is 6.23. The number of sulfonamides is 1. The highest BCUT2D eigenvalue weighted by molar-refractivity contribution is 7.92. The van der Waals surface area contributed by atoms with Crippen LogP contribution < -0.4 is 24.2 Å². The Bertz CT molecular complexity index is 1330. The second-order valence-electron chi connectivity index (χ2n) is 7.12. The van der Waals surface area contributed by atoms with Crippen LogP contribution in [0.3, 0.4) is 0 Å². The molecule has 33 heavy (non-hydrogen) atoms. The summed E-state index contributed by atoms with van der Waals surface area (Å²) in [4.78, 5) is 12.8. The number of nitrogens with one attached hydrogen (secondary N) is 2. The van der Waals surface area contributed by atoms with Crippen molar-refractivity contribution in [2.75, 3.05) is 30.9 Å². The van der Waals surface area contributed by atoms with Gasteiger partial charge in [-0.2, -0.15) is 0 Å². The van der Waals surface area contributed by atoms with Crippen molar-refractivity contribution in [3.63, 3.8) is 0 Å². The van der Waals surface area contributed by atoms with E-state index in [1.54, 1.807) is 30.3 Å². The van der Waals surface area contributed by atoms with E-state index in [9.17, 15) is 13.2 Å². The number of methoxy groups -OCH3 is 2. The van der Waals surface area contributed by atoms with Crippen molar-refractivity contribution in [3.8, 4) is 17.2 Å². The van der Waals surface area contributed by atoms with Crippen LogP contribution in [-0.4, -0.2) is 35.2 Å². The zero-order chi connectivity index (χ0) is 23.4. The molecule has 1 amide bonds. The fourth-order valence-corrected chi connectivity index (χ4v) is 4.43. The van der Waals surface area contributed by atoms with Gasteiger partial charge < -0.3 is 19.5 Å². The molecule has 0 spiro atoms. The van der Waals surface area contributed by atoms with Gasteiger partial charge >= 0.3 is 0 Å². The van der Waals surface area contributed by atoms with Crippen LogP contribution in [0.5, 0.6) is 17.2 Å². The molecule has 0 radical (unpaired) electrons. The van der Waals surface area contributed by atoms with E-state index in [4.69, 9.17) is 14.2 Å². The van der Waals surface area contributed by atoms with Crippen LogP contribution >= 0.6 is 0 Å². The molecular formula is C24H22N2O6S. The molecule has 0 atom stereocenters. The zero-order valence-corrected chi connectivity index (χ0v) is 18.8. The number of hydrogen-bond donors (Lipinski definition) is 2. The summed E-state index contributed by atoms with van der Waals surface area (Å²) in [5, 5.41) is 2.73. The van der Waals surface area contributed by atoms with Crippen molar-refractivity contribution in [1.29, 1.82) is 0 Å². The highest BCUT2D eigenvalue weighted by Gasteiger charge is 2.22. The lowest BCUT2D eigenvalue weighted by Gasteiger charge is -2.18. The summed E-state index contributed by atoms with van der Waals surface area (Å²) >= 11 is 0. The first-order valence-corrected chi connectivity index (χ1v) is 11.5. The molecule has 0 bridgehead atoms. The maximum absolute atomic E-state index is 13.0. The Morgan fingerprint density at radius 3 is 2.39 bits per heavy atom. The Labute approximate surface area is 191 Å². The van der Waals surface area contributed by atoms with Gasteiger partial charge in [0.15, 0.2) is 0 Å². The number of ether oxygens (including phenoxy) is 3. The molecule has 4 rings (SSSR count). The fourth-order valence-electron chi connectivity index (χ4n) is 3.33. The Balaban J connectivity index is 1.61. The van der Waals surface area contributed by atoms with E-state index in [0.717, 1.165) is 5.56 Å². The number of benzene rings is 3. The van der Waals surface area contributed by atoms with Crippen molar-refractivity contribution >= 4 is 33.4 Å². The fraction of sp³-hybridized carbons (Fsp3) is 0.125.